The average Bonchev–Trinajstić information content (AvgIpc) is 2.73. The molecular formula is C15H21N3S. The Morgan fingerprint density at radius 2 is 2.05 bits per heavy atom. The molecule has 102 valence electrons. The maximum atomic E-state index is 4.53. The smallest absolute Gasteiger partial charge is 0.0907 e. The third-order valence-corrected chi connectivity index (χ3v) is 4.87. The molecule has 0 saturated carbocycles. The van der Waals surface area contributed by atoms with Crippen molar-refractivity contribution < 1.29 is 0 Å². The summed E-state index contributed by atoms with van der Waals surface area (Å²) in [4.78, 5) is 7.11. The SMILES string of the molecule is Cc1nc2ccc(CN3[C@H](C)CNC[C@@H]3C)cc2s1. The second kappa shape index (κ2) is 5.19. The number of aryl methyl sites for hydroxylation is 1. The summed E-state index contributed by atoms with van der Waals surface area (Å²) in [5.74, 6) is 0. The summed E-state index contributed by atoms with van der Waals surface area (Å²) in [6.45, 7) is 9.90. The van der Waals surface area contributed by atoms with Crippen LogP contribution in [0.5, 0.6) is 0 Å². The van der Waals surface area contributed by atoms with Crippen LogP contribution in [0.25, 0.3) is 10.2 Å². The molecule has 0 radical (unpaired) electrons. The first-order chi connectivity index (χ1) is 9.13. The normalized spacial score (nSPS) is 25.0. The van der Waals surface area contributed by atoms with Gasteiger partial charge in [0.1, 0.15) is 0 Å². The van der Waals surface area contributed by atoms with E-state index in [4.69, 9.17) is 0 Å². The van der Waals surface area contributed by atoms with Crippen molar-refractivity contribution >= 4 is 21.6 Å². The van der Waals surface area contributed by atoms with E-state index in [1.807, 2.05) is 0 Å². The van der Waals surface area contributed by atoms with Gasteiger partial charge in [-0.05, 0) is 38.5 Å². The fraction of sp³-hybridized carbons (Fsp3) is 0.533. The molecule has 4 heteroatoms. The molecule has 0 unspecified atom stereocenters. The van der Waals surface area contributed by atoms with Crippen LogP contribution in [-0.2, 0) is 6.54 Å². The van der Waals surface area contributed by atoms with Crippen LogP contribution < -0.4 is 5.32 Å². The number of thiazole rings is 1. The van der Waals surface area contributed by atoms with Crippen molar-refractivity contribution in [3.63, 3.8) is 0 Å². The third-order valence-electron chi connectivity index (χ3n) is 3.94. The van der Waals surface area contributed by atoms with Crippen molar-refractivity contribution in [2.24, 2.45) is 0 Å². The van der Waals surface area contributed by atoms with Crippen LogP contribution in [0.15, 0.2) is 18.2 Å². The Hall–Kier alpha value is -0.970. The molecular weight excluding hydrogens is 254 g/mol. The first-order valence-corrected chi connectivity index (χ1v) is 7.77. The molecule has 1 N–H and O–H groups in total. The third kappa shape index (κ3) is 2.66. The van der Waals surface area contributed by atoms with E-state index in [1.165, 1.54) is 10.3 Å². The van der Waals surface area contributed by atoms with Crippen molar-refractivity contribution in [1.29, 1.82) is 0 Å². The summed E-state index contributed by atoms with van der Waals surface area (Å²) in [6.07, 6.45) is 0. The predicted molar refractivity (Wildman–Crippen MR) is 81.7 cm³/mol. The van der Waals surface area contributed by atoms with Crippen LogP contribution in [0, 0.1) is 6.92 Å². The van der Waals surface area contributed by atoms with E-state index >= 15 is 0 Å². The molecule has 0 spiro atoms. The minimum Gasteiger partial charge on any atom is -0.314 e. The Bertz CT molecular complexity index is 568. The topological polar surface area (TPSA) is 28.2 Å². The second-order valence-electron chi connectivity index (χ2n) is 5.56. The molecule has 2 aromatic rings. The van der Waals surface area contributed by atoms with Crippen molar-refractivity contribution in [1.82, 2.24) is 15.2 Å². The lowest BCUT2D eigenvalue weighted by atomic mass is 10.1. The van der Waals surface area contributed by atoms with Crippen LogP contribution in [0.1, 0.15) is 24.4 Å². The maximum Gasteiger partial charge on any atom is 0.0907 e. The van der Waals surface area contributed by atoms with E-state index in [-0.39, 0.29) is 0 Å². The lowest BCUT2D eigenvalue weighted by molar-refractivity contribution is 0.109. The first kappa shape index (κ1) is 13.0. The summed E-state index contributed by atoms with van der Waals surface area (Å²) >= 11 is 1.79. The highest BCUT2D eigenvalue weighted by molar-refractivity contribution is 7.18. The van der Waals surface area contributed by atoms with E-state index < -0.39 is 0 Å². The molecule has 1 saturated heterocycles. The van der Waals surface area contributed by atoms with Crippen LogP contribution in [0.4, 0.5) is 0 Å². The molecule has 3 rings (SSSR count). The molecule has 1 aliphatic rings. The zero-order chi connectivity index (χ0) is 13.4. The van der Waals surface area contributed by atoms with Gasteiger partial charge in [-0.3, -0.25) is 4.90 Å². The van der Waals surface area contributed by atoms with E-state index in [0.29, 0.717) is 12.1 Å². The van der Waals surface area contributed by atoms with Crippen molar-refractivity contribution in [2.75, 3.05) is 13.1 Å². The lowest BCUT2D eigenvalue weighted by Crippen LogP contribution is -2.54. The molecule has 2 atom stereocenters. The zero-order valence-electron chi connectivity index (χ0n) is 11.8. The highest BCUT2D eigenvalue weighted by Crippen LogP contribution is 2.24. The Morgan fingerprint density at radius 1 is 1.32 bits per heavy atom. The largest absolute Gasteiger partial charge is 0.314 e. The standard InChI is InChI=1S/C15H21N3S/c1-10-7-16-8-11(2)18(10)9-13-4-5-14-15(6-13)19-12(3)17-14/h4-6,10-11,16H,7-9H2,1-3H3/t10-,11+. The number of rotatable bonds is 2. The Morgan fingerprint density at radius 3 is 2.79 bits per heavy atom. The number of benzene rings is 1. The Labute approximate surface area is 118 Å². The minimum atomic E-state index is 0.600. The monoisotopic (exact) mass is 275 g/mol. The van der Waals surface area contributed by atoms with Gasteiger partial charge in [0.2, 0.25) is 0 Å². The number of nitrogens with zero attached hydrogens (tertiary/aromatic N) is 2. The maximum absolute atomic E-state index is 4.53. The molecule has 0 bridgehead atoms. The van der Waals surface area contributed by atoms with E-state index in [2.05, 4.69) is 54.2 Å². The highest BCUT2D eigenvalue weighted by atomic mass is 32.1. The van der Waals surface area contributed by atoms with Gasteiger partial charge >= 0.3 is 0 Å². The summed E-state index contributed by atoms with van der Waals surface area (Å²) in [5.41, 5.74) is 2.53. The van der Waals surface area contributed by atoms with Gasteiger partial charge in [0.25, 0.3) is 0 Å². The van der Waals surface area contributed by atoms with Gasteiger partial charge in [-0.25, -0.2) is 4.98 Å². The summed E-state index contributed by atoms with van der Waals surface area (Å²) in [5, 5.41) is 4.63. The van der Waals surface area contributed by atoms with Crippen molar-refractivity contribution in [3.05, 3.63) is 28.8 Å². The van der Waals surface area contributed by atoms with Gasteiger partial charge in [0.05, 0.1) is 15.2 Å². The van der Waals surface area contributed by atoms with Crippen LogP contribution >= 0.6 is 11.3 Å². The molecule has 1 aromatic carbocycles. The summed E-state index contributed by atoms with van der Waals surface area (Å²) in [7, 11) is 0. The number of fused-ring (bicyclic) bond motifs is 1. The fourth-order valence-corrected chi connectivity index (χ4v) is 3.77. The predicted octanol–water partition coefficient (Wildman–Crippen LogP) is 2.79. The van der Waals surface area contributed by atoms with Gasteiger partial charge in [0.15, 0.2) is 0 Å². The van der Waals surface area contributed by atoms with E-state index in [9.17, 15) is 0 Å². The second-order valence-corrected chi connectivity index (χ2v) is 6.80. The molecule has 0 amide bonds. The molecule has 0 aliphatic carbocycles. The lowest BCUT2D eigenvalue weighted by Gasteiger charge is -2.39. The van der Waals surface area contributed by atoms with Crippen molar-refractivity contribution in [2.45, 2.75) is 39.4 Å². The average molecular weight is 275 g/mol. The van der Waals surface area contributed by atoms with Crippen LogP contribution in [0.2, 0.25) is 0 Å². The van der Waals surface area contributed by atoms with Gasteiger partial charge < -0.3 is 5.32 Å². The molecule has 3 nitrogen and oxygen atoms in total. The minimum absolute atomic E-state index is 0.600. The van der Waals surface area contributed by atoms with Crippen LogP contribution in [0.3, 0.4) is 0 Å². The number of aromatic nitrogens is 1. The Kier molecular flexibility index (Phi) is 3.56. The fourth-order valence-electron chi connectivity index (χ4n) is 2.88. The van der Waals surface area contributed by atoms with Gasteiger partial charge in [-0.2, -0.15) is 0 Å². The summed E-state index contributed by atoms with van der Waals surface area (Å²) < 4.78 is 1.31. The van der Waals surface area contributed by atoms with Crippen LogP contribution in [-0.4, -0.2) is 35.1 Å². The molecule has 1 aliphatic heterocycles. The quantitative estimate of drug-likeness (QED) is 0.913. The van der Waals surface area contributed by atoms with E-state index in [1.54, 1.807) is 11.3 Å². The van der Waals surface area contributed by atoms with Gasteiger partial charge in [-0.1, -0.05) is 6.07 Å². The van der Waals surface area contributed by atoms with Crippen molar-refractivity contribution in [3.8, 4) is 0 Å². The van der Waals surface area contributed by atoms with Gasteiger partial charge in [-0.15, -0.1) is 11.3 Å². The number of hydrogen-bond donors (Lipinski definition) is 1. The number of nitrogens with one attached hydrogen (secondary N) is 1. The molecule has 19 heavy (non-hydrogen) atoms. The Balaban J connectivity index is 1.83. The van der Waals surface area contributed by atoms with Gasteiger partial charge in [0, 0.05) is 31.7 Å². The molecule has 1 aromatic heterocycles. The first-order valence-electron chi connectivity index (χ1n) is 6.96. The highest BCUT2D eigenvalue weighted by Gasteiger charge is 2.24. The number of hydrogen-bond acceptors (Lipinski definition) is 4. The zero-order valence-corrected chi connectivity index (χ0v) is 12.6. The molecule has 1 fully saturated rings. The van der Waals surface area contributed by atoms with E-state index in [0.717, 1.165) is 30.2 Å². The molecule has 2 heterocycles. The number of piperazine rings is 1. The summed E-state index contributed by atoms with van der Waals surface area (Å²) in [6, 6.07) is 7.89.